The fourth-order valence-corrected chi connectivity index (χ4v) is 4.00. The second-order valence-electron chi connectivity index (χ2n) is 9.27. The van der Waals surface area contributed by atoms with Gasteiger partial charge in [0.05, 0.1) is 13.1 Å². The first-order valence-electron chi connectivity index (χ1n) is 12.8. The Morgan fingerprint density at radius 3 is 1.62 bits per heavy atom. The van der Waals surface area contributed by atoms with E-state index in [0.29, 0.717) is 31.0 Å². The lowest BCUT2D eigenvalue weighted by atomic mass is 10.1. The number of carbonyl (C=O) groups is 6. The Hall–Kier alpha value is -5.00. The SMILES string of the molecule is O=C(O)CC[C@H](NC(=O)N[C@H](CCCCN(Cc1nccn1CC(=O)O)Cc1nccn1CC(=O)O)C(=O)O)C(=O)O. The molecule has 0 saturated heterocycles. The molecule has 0 spiro atoms. The number of imidazole rings is 2. The molecule has 42 heavy (non-hydrogen) atoms. The zero-order chi connectivity index (χ0) is 31.2. The molecule has 2 heterocycles. The van der Waals surface area contributed by atoms with Gasteiger partial charge in [-0.1, -0.05) is 0 Å². The number of carboxylic acids is 5. The molecule has 18 nitrogen and oxygen atoms in total. The lowest BCUT2D eigenvalue weighted by Crippen LogP contribution is -2.51. The summed E-state index contributed by atoms with van der Waals surface area (Å²) < 4.78 is 2.89. The third-order valence-corrected chi connectivity index (χ3v) is 6.02. The van der Waals surface area contributed by atoms with Crippen LogP contribution in [0.2, 0.25) is 0 Å². The van der Waals surface area contributed by atoms with Crippen LogP contribution >= 0.6 is 0 Å². The normalized spacial score (nSPS) is 12.4. The Bertz CT molecular complexity index is 1200. The molecule has 0 bridgehead atoms. The Labute approximate surface area is 238 Å². The first-order valence-corrected chi connectivity index (χ1v) is 12.8. The molecule has 2 rings (SSSR count). The highest BCUT2D eigenvalue weighted by Crippen LogP contribution is 2.12. The molecule has 18 heteroatoms. The van der Waals surface area contributed by atoms with Gasteiger partial charge in [0.25, 0.3) is 0 Å². The lowest BCUT2D eigenvalue weighted by molar-refractivity contribution is -0.141. The summed E-state index contributed by atoms with van der Waals surface area (Å²) in [6.07, 6.45) is 5.70. The van der Waals surface area contributed by atoms with E-state index in [4.69, 9.17) is 15.3 Å². The van der Waals surface area contributed by atoms with E-state index in [0.717, 1.165) is 0 Å². The van der Waals surface area contributed by atoms with Crippen molar-refractivity contribution >= 4 is 35.9 Å². The van der Waals surface area contributed by atoms with Gasteiger partial charge in [0.15, 0.2) is 0 Å². The number of aliphatic carboxylic acids is 5. The zero-order valence-electron chi connectivity index (χ0n) is 22.5. The summed E-state index contributed by atoms with van der Waals surface area (Å²) in [6, 6.07) is -3.96. The molecule has 7 N–H and O–H groups in total. The second-order valence-corrected chi connectivity index (χ2v) is 9.27. The van der Waals surface area contributed by atoms with Crippen LogP contribution in [0.15, 0.2) is 24.8 Å². The molecule has 2 atom stereocenters. The summed E-state index contributed by atoms with van der Waals surface area (Å²) in [7, 11) is 0. The highest BCUT2D eigenvalue weighted by molar-refractivity contribution is 5.86. The van der Waals surface area contributed by atoms with E-state index in [9.17, 15) is 39.0 Å². The van der Waals surface area contributed by atoms with Crippen molar-refractivity contribution in [3.8, 4) is 0 Å². The van der Waals surface area contributed by atoms with Crippen molar-refractivity contribution in [3.05, 3.63) is 36.4 Å². The number of carboxylic acid groups (broad SMARTS) is 5. The number of aromatic nitrogens is 4. The fourth-order valence-electron chi connectivity index (χ4n) is 4.00. The molecule has 2 amide bonds. The van der Waals surface area contributed by atoms with Crippen LogP contribution in [-0.2, 0) is 50.2 Å². The molecule has 2 aromatic rings. The van der Waals surface area contributed by atoms with Gasteiger partial charge in [-0.2, -0.15) is 0 Å². The summed E-state index contributed by atoms with van der Waals surface area (Å²) in [6.45, 7) is 0.0642. The van der Waals surface area contributed by atoms with E-state index < -0.39 is 54.4 Å². The van der Waals surface area contributed by atoms with E-state index in [1.165, 1.54) is 33.9 Å². The maximum atomic E-state index is 12.2. The van der Waals surface area contributed by atoms with Crippen LogP contribution < -0.4 is 10.6 Å². The van der Waals surface area contributed by atoms with Crippen LogP contribution in [0.1, 0.15) is 43.8 Å². The summed E-state index contributed by atoms with van der Waals surface area (Å²) in [5, 5.41) is 50.0. The molecule has 0 saturated carbocycles. The number of nitrogens with zero attached hydrogens (tertiary/aromatic N) is 5. The van der Waals surface area contributed by atoms with Gasteiger partial charge >= 0.3 is 35.9 Å². The van der Waals surface area contributed by atoms with Crippen molar-refractivity contribution in [2.24, 2.45) is 0 Å². The topological polar surface area (TPSA) is 267 Å². The van der Waals surface area contributed by atoms with E-state index >= 15 is 0 Å². The molecule has 230 valence electrons. The quantitative estimate of drug-likeness (QED) is 0.0951. The number of hydrogen-bond donors (Lipinski definition) is 7. The van der Waals surface area contributed by atoms with Crippen molar-refractivity contribution in [2.75, 3.05) is 6.54 Å². The van der Waals surface area contributed by atoms with Crippen LogP contribution in [0, 0.1) is 0 Å². The maximum absolute atomic E-state index is 12.2. The summed E-state index contributed by atoms with van der Waals surface area (Å²) in [5.74, 6) is -5.33. The smallest absolute Gasteiger partial charge is 0.326 e. The first kappa shape index (κ1) is 33.2. The third-order valence-electron chi connectivity index (χ3n) is 6.02. The number of urea groups is 1. The second kappa shape index (κ2) is 16.3. The molecule has 0 fully saturated rings. The number of nitrogens with one attached hydrogen (secondary N) is 2. The number of carbonyl (C=O) groups excluding carboxylic acids is 1. The van der Waals surface area contributed by atoms with E-state index in [-0.39, 0.29) is 39.0 Å². The predicted molar refractivity (Wildman–Crippen MR) is 139 cm³/mol. The third kappa shape index (κ3) is 11.6. The van der Waals surface area contributed by atoms with E-state index in [1.54, 1.807) is 0 Å². The van der Waals surface area contributed by atoms with Gasteiger partial charge in [0, 0.05) is 31.2 Å². The molecular weight excluding hydrogens is 562 g/mol. The molecule has 0 aliphatic rings. The Balaban J connectivity index is 2.02. The minimum Gasteiger partial charge on any atom is -0.481 e. The molecule has 0 aromatic carbocycles. The summed E-state index contributed by atoms with van der Waals surface area (Å²) >= 11 is 0. The monoisotopic (exact) mass is 595 g/mol. The molecular formula is C24H33N7O11. The highest BCUT2D eigenvalue weighted by atomic mass is 16.4. The van der Waals surface area contributed by atoms with Crippen LogP contribution in [-0.4, -0.2) is 104 Å². The van der Waals surface area contributed by atoms with Gasteiger partial charge in [0.2, 0.25) is 0 Å². The first-order chi connectivity index (χ1) is 19.8. The maximum Gasteiger partial charge on any atom is 0.326 e. The largest absolute Gasteiger partial charge is 0.481 e. The lowest BCUT2D eigenvalue weighted by Gasteiger charge is -2.23. The van der Waals surface area contributed by atoms with Gasteiger partial charge in [-0.15, -0.1) is 0 Å². The zero-order valence-corrected chi connectivity index (χ0v) is 22.5. The van der Waals surface area contributed by atoms with Gasteiger partial charge in [-0.05, 0) is 32.2 Å². The van der Waals surface area contributed by atoms with E-state index in [1.807, 2.05) is 4.90 Å². The van der Waals surface area contributed by atoms with Crippen molar-refractivity contribution in [2.45, 2.75) is 70.4 Å². The summed E-state index contributed by atoms with van der Waals surface area (Å²) in [5.41, 5.74) is 0. The van der Waals surface area contributed by atoms with Crippen LogP contribution in [0.3, 0.4) is 0 Å². The van der Waals surface area contributed by atoms with Crippen LogP contribution in [0.5, 0.6) is 0 Å². The molecule has 0 aliphatic heterocycles. The number of amides is 2. The number of unbranched alkanes of at least 4 members (excludes halogenated alkanes) is 1. The van der Waals surface area contributed by atoms with Crippen molar-refractivity contribution in [3.63, 3.8) is 0 Å². The van der Waals surface area contributed by atoms with Crippen LogP contribution in [0.25, 0.3) is 0 Å². The van der Waals surface area contributed by atoms with Crippen molar-refractivity contribution in [1.29, 1.82) is 0 Å². The van der Waals surface area contributed by atoms with Crippen LogP contribution in [0.4, 0.5) is 4.79 Å². The highest BCUT2D eigenvalue weighted by Gasteiger charge is 2.25. The molecule has 0 unspecified atom stereocenters. The van der Waals surface area contributed by atoms with Crippen molar-refractivity contribution in [1.82, 2.24) is 34.6 Å². The summed E-state index contributed by atoms with van der Waals surface area (Å²) in [4.78, 5) is 78.6. The Morgan fingerprint density at radius 2 is 1.19 bits per heavy atom. The average Bonchev–Trinajstić information content (AvgIpc) is 3.51. The average molecular weight is 596 g/mol. The molecule has 0 aliphatic carbocycles. The minimum atomic E-state index is -1.52. The predicted octanol–water partition coefficient (Wildman–Crippen LogP) is -0.508. The van der Waals surface area contributed by atoms with Gasteiger partial charge in [0.1, 0.15) is 36.8 Å². The standard InChI is InChI=1S/C24H33N7O11/c32-19(33)5-4-16(23(40)41)28-24(42)27-15(22(38)39)3-1-2-8-29(11-17-25-6-9-30(17)13-20(34)35)12-18-26-7-10-31(18)14-21(36)37/h6-7,9-10,15-16H,1-5,8,11-14H2,(H,32,33)(H,34,35)(H,36,37)(H,38,39)(H,40,41)(H2,27,28,42)/t15-,16+/m1/s1. The molecule has 0 radical (unpaired) electrons. The Morgan fingerprint density at radius 1 is 0.714 bits per heavy atom. The Kier molecular flexibility index (Phi) is 12.9. The number of hydrogen-bond acceptors (Lipinski definition) is 9. The minimum absolute atomic E-state index is 0.0231. The van der Waals surface area contributed by atoms with E-state index in [2.05, 4.69) is 20.6 Å². The van der Waals surface area contributed by atoms with Crippen molar-refractivity contribution < 1.29 is 54.3 Å². The molecule has 2 aromatic heterocycles. The van der Waals surface area contributed by atoms with Gasteiger partial charge in [-0.3, -0.25) is 19.3 Å². The fraction of sp³-hybridized carbons (Fsp3) is 0.500. The van der Waals surface area contributed by atoms with Gasteiger partial charge < -0.3 is 45.3 Å². The number of rotatable bonds is 20. The van der Waals surface area contributed by atoms with Gasteiger partial charge in [-0.25, -0.2) is 24.4 Å².